The number of alkyl halides is 3. The highest BCUT2D eigenvalue weighted by Crippen LogP contribution is 2.37. The molecule has 1 aromatic heterocycles. The molecule has 0 spiro atoms. The standard InChI is InChI=1S/C19H15Cl2F3N2S/c1-12-17(7-13-5-3-2-4-6-13)18(26(25-12)11-19(22,23)24)27-16-9-14(20)8-15(21)10-16/h2-6,8-10H,7,11H2,1H3. The van der Waals surface area contributed by atoms with E-state index in [9.17, 15) is 13.2 Å². The maximum atomic E-state index is 13.0. The van der Waals surface area contributed by atoms with E-state index < -0.39 is 12.7 Å². The monoisotopic (exact) mass is 430 g/mol. The highest BCUT2D eigenvalue weighted by atomic mass is 35.5. The fourth-order valence-electron chi connectivity index (χ4n) is 2.69. The summed E-state index contributed by atoms with van der Waals surface area (Å²) in [5, 5.41) is 5.43. The number of halogens is 5. The summed E-state index contributed by atoms with van der Waals surface area (Å²) in [6.07, 6.45) is -3.88. The van der Waals surface area contributed by atoms with Crippen LogP contribution in [-0.2, 0) is 13.0 Å². The Labute approximate surface area is 169 Å². The van der Waals surface area contributed by atoms with Crippen LogP contribution in [0.1, 0.15) is 16.8 Å². The first-order valence-corrected chi connectivity index (χ1v) is 9.59. The maximum Gasteiger partial charge on any atom is 0.408 e. The van der Waals surface area contributed by atoms with Gasteiger partial charge in [-0.05, 0) is 30.7 Å². The van der Waals surface area contributed by atoms with Gasteiger partial charge in [-0.25, -0.2) is 4.68 Å². The second-order valence-corrected chi connectivity index (χ2v) is 7.95. The molecule has 0 aliphatic heterocycles. The van der Waals surface area contributed by atoms with E-state index in [4.69, 9.17) is 23.2 Å². The minimum atomic E-state index is -4.37. The maximum absolute atomic E-state index is 13.0. The number of aromatic nitrogens is 2. The molecule has 0 aliphatic rings. The molecule has 8 heteroatoms. The molecule has 27 heavy (non-hydrogen) atoms. The van der Waals surface area contributed by atoms with Crippen molar-refractivity contribution in [2.24, 2.45) is 0 Å². The molecule has 0 N–H and O–H groups in total. The highest BCUT2D eigenvalue weighted by Gasteiger charge is 2.31. The lowest BCUT2D eigenvalue weighted by Crippen LogP contribution is -2.19. The SMILES string of the molecule is Cc1nn(CC(F)(F)F)c(Sc2cc(Cl)cc(Cl)c2)c1Cc1ccccc1. The van der Waals surface area contributed by atoms with E-state index in [1.807, 2.05) is 30.3 Å². The van der Waals surface area contributed by atoms with Gasteiger partial charge in [0.05, 0.1) is 5.69 Å². The van der Waals surface area contributed by atoms with E-state index in [0.717, 1.165) is 15.8 Å². The van der Waals surface area contributed by atoms with Crippen LogP contribution in [0.5, 0.6) is 0 Å². The number of hydrogen-bond acceptors (Lipinski definition) is 2. The van der Waals surface area contributed by atoms with Gasteiger partial charge in [-0.2, -0.15) is 18.3 Å². The van der Waals surface area contributed by atoms with Gasteiger partial charge in [-0.1, -0.05) is 65.3 Å². The molecule has 0 radical (unpaired) electrons. The lowest BCUT2D eigenvalue weighted by atomic mass is 10.1. The third-order valence-corrected chi connectivity index (χ3v) is 5.36. The van der Waals surface area contributed by atoms with Gasteiger partial charge in [0.25, 0.3) is 0 Å². The Morgan fingerprint density at radius 3 is 2.26 bits per heavy atom. The highest BCUT2D eigenvalue weighted by molar-refractivity contribution is 7.99. The van der Waals surface area contributed by atoms with Crippen molar-refractivity contribution in [2.75, 3.05) is 0 Å². The quantitative estimate of drug-likeness (QED) is 0.442. The molecule has 142 valence electrons. The number of hydrogen-bond donors (Lipinski definition) is 0. The predicted molar refractivity (Wildman–Crippen MR) is 103 cm³/mol. The molecule has 1 heterocycles. The number of rotatable bonds is 5. The summed E-state index contributed by atoms with van der Waals surface area (Å²) in [6, 6.07) is 14.5. The van der Waals surface area contributed by atoms with Gasteiger partial charge in [-0.3, -0.25) is 0 Å². The zero-order valence-corrected chi connectivity index (χ0v) is 16.6. The summed E-state index contributed by atoms with van der Waals surface area (Å²) in [5.74, 6) is 0. The van der Waals surface area contributed by atoms with Crippen LogP contribution in [0.2, 0.25) is 10.0 Å². The van der Waals surface area contributed by atoms with Crippen molar-refractivity contribution in [2.45, 2.75) is 36.0 Å². The Balaban J connectivity index is 2.04. The summed E-state index contributed by atoms with van der Waals surface area (Å²) >= 11 is 13.3. The summed E-state index contributed by atoms with van der Waals surface area (Å²) in [7, 11) is 0. The van der Waals surface area contributed by atoms with Gasteiger partial charge in [0, 0.05) is 26.9 Å². The molecule has 0 unspecified atom stereocenters. The normalized spacial score (nSPS) is 11.8. The molecule has 2 nitrogen and oxygen atoms in total. The van der Waals surface area contributed by atoms with Gasteiger partial charge >= 0.3 is 6.18 Å². The van der Waals surface area contributed by atoms with Crippen molar-refractivity contribution in [1.29, 1.82) is 0 Å². The third-order valence-electron chi connectivity index (χ3n) is 3.80. The number of aryl methyl sites for hydroxylation is 1. The molecule has 0 amide bonds. The van der Waals surface area contributed by atoms with Crippen LogP contribution >= 0.6 is 35.0 Å². The van der Waals surface area contributed by atoms with Crippen molar-refractivity contribution in [3.8, 4) is 0 Å². The van der Waals surface area contributed by atoms with Gasteiger partial charge in [0.15, 0.2) is 0 Å². The molecule has 0 atom stereocenters. The van der Waals surface area contributed by atoms with Crippen molar-refractivity contribution in [3.63, 3.8) is 0 Å². The van der Waals surface area contributed by atoms with Crippen LogP contribution in [0.4, 0.5) is 13.2 Å². The van der Waals surface area contributed by atoms with Crippen LogP contribution in [0.3, 0.4) is 0 Å². The molecular formula is C19H15Cl2F3N2S. The zero-order chi connectivity index (χ0) is 19.6. The van der Waals surface area contributed by atoms with E-state index in [2.05, 4.69) is 5.10 Å². The molecule has 0 aliphatic carbocycles. The van der Waals surface area contributed by atoms with Gasteiger partial charge < -0.3 is 0 Å². The fourth-order valence-corrected chi connectivity index (χ4v) is 4.50. The van der Waals surface area contributed by atoms with Crippen LogP contribution in [-0.4, -0.2) is 16.0 Å². The molecule has 3 rings (SSSR count). The van der Waals surface area contributed by atoms with Gasteiger partial charge in [0.2, 0.25) is 0 Å². The van der Waals surface area contributed by atoms with Gasteiger partial charge in [-0.15, -0.1) is 0 Å². The van der Waals surface area contributed by atoms with Crippen LogP contribution < -0.4 is 0 Å². The minimum Gasteiger partial charge on any atom is -0.249 e. The first-order chi connectivity index (χ1) is 12.7. The summed E-state index contributed by atoms with van der Waals surface area (Å²) in [6.45, 7) is 0.569. The smallest absolute Gasteiger partial charge is 0.249 e. The van der Waals surface area contributed by atoms with Crippen molar-refractivity contribution in [3.05, 3.63) is 75.4 Å². The molecule has 2 aromatic carbocycles. The molecule has 3 aromatic rings. The Morgan fingerprint density at radius 2 is 1.67 bits per heavy atom. The Bertz CT molecular complexity index is 920. The molecule has 0 bridgehead atoms. The summed E-state index contributed by atoms with van der Waals surface area (Å²) in [4.78, 5) is 0.658. The average Bonchev–Trinajstić information content (AvgIpc) is 2.81. The third kappa shape index (κ3) is 5.43. The second kappa shape index (κ2) is 8.17. The van der Waals surface area contributed by atoms with Crippen LogP contribution in [0.15, 0.2) is 58.5 Å². The summed E-state index contributed by atoms with van der Waals surface area (Å²) < 4.78 is 40.1. The van der Waals surface area contributed by atoms with E-state index in [1.54, 1.807) is 25.1 Å². The Hall–Kier alpha value is -1.63. The zero-order valence-electron chi connectivity index (χ0n) is 14.2. The Kier molecular flexibility index (Phi) is 6.08. The van der Waals surface area contributed by atoms with E-state index in [0.29, 0.717) is 32.1 Å². The van der Waals surface area contributed by atoms with Crippen molar-refractivity contribution in [1.82, 2.24) is 9.78 Å². The number of benzene rings is 2. The first-order valence-electron chi connectivity index (χ1n) is 8.02. The van der Waals surface area contributed by atoms with E-state index in [1.165, 1.54) is 11.8 Å². The second-order valence-electron chi connectivity index (χ2n) is 6.01. The number of nitrogens with zero attached hydrogens (tertiary/aromatic N) is 2. The van der Waals surface area contributed by atoms with Crippen LogP contribution in [0, 0.1) is 6.92 Å². The topological polar surface area (TPSA) is 17.8 Å². The predicted octanol–water partition coefficient (Wildman–Crippen LogP) is 6.80. The lowest BCUT2D eigenvalue weighted by molar-refractivity contribution is -0.144. The average molecular weight is 431 g/mol. The first kappa shape index (κ1) is 20.1. The van der Waals surface area contributed by atoms with Crippen molar-refractivity contribution >= 4 is 35.0 Å². The lowest BCUT2D eigenvalue weighted by Gasteiger charge is -2.12. The van der Waals surface area contributed by atoms with Crippen LogP contribution in [0.25, 0.3) is 0 Å². The Morgan fingerprint density at radius 1 is 1.04 bits per heavy atom. The molecule has 0 saturated heterocycles. The van der Waals surface area contributed by atoms with Crippen molar-refractivity contribution < 1.29 is 13.2 Å². The fraction of sp³-hybridized carbons (Fsp3) is 0.211. The van der Waals surface area contributed by atoms with E-state index in [-0.39, 0.29) is 0 Å². The molecular weight excluding hydrogens is 416 g/mol. The molecule has 0 fully saturated rings. The van der Waals surface area contributed by atoms with E-state index >= 15 is 0 Å². The minimum absolute atomic E-state index is 0.424. The largest absolute Gasteiger partial charge is 0.408 e. The molecule has 0 saturated carbocycles. The van der Waals surface area contributed by atoms with Gasteiger partial charge in [0.1, 0.15) is 11.6 Å². The summed E-state index contributed by atoms with van der Waals surface area (Å²) in [5.41, 5.74) is 2.32.